The van der Waals surface area contributed by atoms with Gasteiger partial charge in [-0.25, -0.2) is 9.79 Å². The minimum Gasteiger partial charge on any atom is -0.502 e. The summed E-state index contributed by atoms with van der Waals surface area (Å²) in [5, 5.41) is 33.5. The molecule has 0 saturated carbocycles. The van der Waals surface area contributed by atoms with E-state index < -0.39 is 44.5 Å². The van der Waals surface area contributed by atoms with Gasteiger partial charge in [0.1, 0.15) is 5.75 Å². The summed E-state index contributed by atoms with van der Waals surface area (Å²) in [4.78, 5) is 53.5. The molecule has 1 atom stereocenters. The van der Waals surface area contributed by atoms with Crippen LogP contribution in [0.5, 0.6) is 11.5 Å². The molecular formula is C29H22N4O9S. The summed E-state index contributed by atoms with van der Waals surface area (Å²) in [7, 11) is 1.50. The third-order valence-corrected chi connectivity index (χ3v) is 7.59. The van der Waals surface area contributed by atoms with Crippen molar-refractivity contribution < 1.29 is 29.2 Å². The number of nitro groups is 2. The minimum absolute atomic E-state index is 0.0418. The van der Waals surface area contributed by atoms with Crippen molar-refractivity contribution in [2.45, 2.75) is 13.0 Å². The molecular weight excluding hydrogens is 580 g/mol. The highest BCUT2D eigenvalue weighted by Crippen LogP contribution is 2.37. The van der Waals surface area contributed by atoms with E-state index >= 15 is 0 Å². The molecule has 1 N–H and O–H groups in total. The molecule has 0 radical (unpaired) electrons. The van der Waals surface area contributed by atoms with Gasteiger partial charge in [0.25, 0.3) is 11.2 Å². The van der Waals surface area contributed by atoms with Crippen molar-refractivity contribution in [3.05, 3.63) is 129 Å². The van der Waals surface area contributed by atoms with E-state index in [9.17, 15) is 34.9 Å². The zero-order chi connectivity index (χ0) is 30.8. The first-order chi connectivity index (χ1) is 20.6. The van der Waals surface area contributed by atoms with Gasteiger partial charge in [0.05, 0.1) is 51.5 Å². The lowest BCUT2D eigenvalue weighted by Crippen LogP contribution is -2.40. The van der Waals surface area contributed by atoms with Crippen molar-refractivity contribution in [1.29, 1.82) is 0 Å². The van der Waals surface area contributed by atoms with Gasteiger partial charge in [0.15, 0.2) is 4.80 Å². The van der Waals surface area contributed by atoms with E-state index in [4.69, 9.17) is 9.47 Å². The molecule has 1 aromatic heterocycles. The van der Waals surface area contributed by atoms with Crippen LogP contribution in [0.25, 0.3) is 11.8 Å². The Morgan fingerprint density at radius 3 is 2.40 bits per heavy atom. The molecule has 14 heteroatoms. The normalized spacial score (nSPS) is 14.6. The van der Waals surface area contributed by atoms with Crippen LogP contribution in [0.4, 0.5) is 11.4 Å². The molecule has 5 rings (SSSR count). The van der Waals surface area contributed by atoms with Crippen molar-refractivity contribution in [2.75, 3.05) is 13.7 Å². The van der Waals surface area contributed by atoms with Crippen molar-refractivity contribution in [2.24, 2.45) is 4.99 Å². The van der Waals surface area contributed by atoms with Gasteiger partial charge in [0, 0.05) is 17.2 Å². The van der Waals surface area contributed by atoms with Crippen LogP contribution in [-0.2, 0) is 9.53 Å². The van der Waals surface area contributed by atoms with E-state index in [1.807, 2.05) is 0 Å². The Morgan fingerprint density at radius 1 is 1.09 bits per heavy atom. The molecule has 13 nitrogen and oxygen atoms in total. The maximum Gasteiger partial charge on any atom is 0.338 e. The fourth-order valence-corrected chi connectivity index (χ4v) is 5.66. The molecule has 0 spiro atoms. The van der Waals surface area contributed by atoms with Crippen LogP contribution in [0.2, 0.25) is 0 Å². The van der Waals surface area contributed by atoms with Gasteiger partial charge in [-0.15, -0.1) is 0 Å². The van der Waals surface area contributed by atoms with Gasteiger partial charge in [-0.05, 0) is 30.7 Å². The van der Waals surface area contributed by atoms with Crippen LogP contribution < -0.4 is 19.6 Å². The number of nitro benzene ring substituents is 2. The van der Waals surface area contributed by atoms with Crippen molar-refractivity contribution >= 4 is 40.5 Å². The fourth-order valence-electron chi connectivity index (χ4n) is 4.66. The molecule has 3 aromatic carbocycles. The second-order valence-electron chi connectivity index (χ2n) is 9.12. The SMILES string of the molecule is CCOC(=O)C1=C(c2ccccc2)N=c2s/c(=C\c3cc([N+](=O)[O-])cc([N+](=O)[O-])c3O)c(=O)n2[C@H]1c1ccc(OC)cc1. The number of ether oxygens (including phenoxy) is 2. The number of hydrogen-bond donors (Lipinski definition) is 1. The van der Waals surface area contributed by atoms with Crippen LogP contribution in [-0.4, -0.2) is 39.2 Å². The Balaban J connectivity index is 1.84. The monoisotopic (exact) mass is 602 g/mol. The van der Waals surface area contributed by atoms with Crippen LogP contribution in [0.15, 0.2) is 82.1 Å². The molecule has 4 aromatic rings. The third-order valence-electron chi connectivity index (χ3n) is 6.60. The van der Waals surface area contributed by atoms with Gasteiger partial charge >= 0.3 is 11.7 Å². The number of fused-ring (bicyclic) bond motifs is 1. The third kappa shape index (κ3) is 5.38. The average molecular weight is 603 g/mol. The summed E-state index contributed by atoms with van der Waals surface area (Å²) in [6, 6.07) is 16.2. The molecule has 43 heavy (non-hydrogen) atoms. The number of methoxy groups -OCH3 is 1. The number of non-ortho nitro benzene ring substituents is 1. The van der Waals surface area contributed by atoms with Gasteiger partial charge < -0.3 is 14.6 Å². The number of carbonyl (C=O) groups is 1. The Hall–Kier alpha value is -5.63. The summed E-state index contributed by atoms with van der Waals surface area (Å²) >= 11 is 0.892. The Bertz CT molecular complexity index is 1980. The smallest absolute Gasteiger partial charge is 0.338 e. The minimum atomic E-state index is -1.01. The number of aromatic nitrogens is 1. The lowest BCUT2D eigenvalue weighted by atomic mass is 9.93. The van der Waals surface area contributed by atoms with Crippen molar-refractivity contribution in [3.8, 4) is 11.5 Å². The number of thiazole rings is 1. The second kappa shape index (κ2) is 11.7. The van der Waals surface area contributed by atoms with Crippen LogP contribution >= 0.6 is 11.3 Å². The zero-order valence-electron chi connectivity index (χ0n) is 22.6. The van der Waals surface area contributed by atoms with E-state index in [1.54, 1.807) is 61.5 Å². The molecule has 1 aliphatic rings. The Morgan fingerprint density at radius 2 is 1.79 bits per heavy atom. The van der Waals surface area contributed by atoms with Crippen molar-refractivity contribution in [3.63, 3.8) is 0 Å². The zero-order valence-corrected chi connectivity index (χ0v) is 23.4. The highest BCUT2D eigenvalue weighted by molar-refractivity contribution is 7.07. The van der Waals surface area contributed by atoms with Crippen LogP contribution in [0.1, 0.15) is 29.7 Å². The summed E-state index contributed by atoms with van der Waals surface area (Å²) < 4.78 is 11.9. The summed E-state index contributed by atoms with van der Waals surface area (Å²) in [5.41, 5.74) is -0.974. The molecule has 0 amide bonds. The van der Waals surface area contributed by atoms with Crippen molar-refractivity contribution in [1.82, 2.24) is 4.57 Å². The Kier molecular flexibility index (Phi) is 7.86. The number of phenolic OH excluding ortho intramolecular Hbond substituents is 1. The fraction of sp³-hybridized carbons (Fsp3) is 0.138. The van der Waals surface area contributed by atoms with Gasteiger partial charge in [-0.3, -0.25) is 29.6 Å². The summed E-state index contributed by atoms with van der Waals surface area (Å²) in [6.07, 6.45) is 1.13. The number of nitrogens with zero attached hydrogens (tertiary/aromatic N) is 4. The first-order valence-corrected chi connectivity index (χ1v) is 13.5. The molecule has 0 aliphatic carbocycles. The van der Waals surface area contributed by atoms with E-state index in [-0.39, 0.29) is 32.8 Å². The summed E-state index contributed by atoms with van der Waals surface area (Å²) in [5.74, 6) is -0.985. The number of benzene rings is 3. The topological polar surface area (TPSA) is 176 Å². The number of esters is 1. The standard InChI is InChI=1S/C29H22N4O9S/c1-3-42-28(36)23-24(16-7-5-4-6-8-16)30-29-31(25(23)17-9-11-20(41-2)12-10-17)27(35)22(43-29)14-18-13-19(32(37)38)15-21(26(18)34)33(39)40/h4-15,25,34H,3H2,1-2H3/b22-14-/t25-/m0/s1. The van der Waals surface area contributed by atoms with Crippen LogP contribution in [0, 0.1) is 20.2 Å². The Labute approximate surface area is 246 Å². The maximum atomic E-state index is 14.0. The number of carbonyl (C=O) groups excluding carboxylic acids is 1. The van der Waals surface area contributed by atoms with Crippen LogP contribution in [0.3, 0.4) is 0 Å². The van der Waals surface area contributed by atoms with E-state index in [1.165, 1.54) is 11.7 Å². The number of aromatic hydroxyl groups is 1. The maximum absolute atomic E-state index is 14.0. The summed E-state index contributed by atoms with van der Waals surface area (Å²) in [6.45, 7) is 1.72. The first kappa shape index (κ1) is 28.9. The lowest BCUT2D eigenvalue weighted by Gasteiger charge is -2.26. The highest BCUT2D eigenvalue weighted by atomic mass is 32.1. The molecule has 1 aliphatic heterocycles. The van der Waals surface area contributed by atoms with Gasteiger partial charge in [-0.2, -0.15) is 0 Å². The number of phenols is 1. The van der Waals surface area contributed by atoms with E-state index in [0.717, 1.165) is 23.5 Å². The van der Waals surface area contributed by atoms with E-state index in [0.29, 0.717) is 22.9 Å². The molecule has 0 unspecified atom stereocenters. The predicted octanol–water partition coefficient (Wildman–Crippen LogP) is 3.47. The average Bonchev–Trinajstić information content (AvgIpc) is 3.31. The quantitative estimate of drug-likeness (QED) is 0.180. The molecule has 0 fully saturated rings. The predicted molar refractivity (Wildman–Crippen MR) is 155 cm³/mol. The number of hydrogen-bond acceptors (Lipinski definition) is 11. The lowest BCUT2D eigenvalue weighted by molar-refractivity contribution is -0.394. The second-order valence-corrected chi connectivity index (χ2v) is 10.1. The largest absolute Gasteiger partial charge is 0.502 e. The molecule has 0 saturated heterocycles. The van der Waals surface area contributed by atoms with Gasteiger partial charge in [-0.1, -0.05) is 53.8 Å². The van der Waals surface area contributed by atoms with Gasteiger partial charge in [0.2, 0.25) is 5.75 Å². The highest BCUT2D eigenvalue weighted by Gasteiger charge is 2.35. The molecule has 2 heterocycles. The number of rotatable bonds is 8. The molecule has 0 bridgehead atoms. The first-order valence-electron chi connectivity index (χ1n) is 12.7. The van der Waals surface area contributed by atoms with E-state index in [2.05, 4.69) is 4.99 Å². The molecule has 218 valence electrons.